The molecular formula is C5H8N2O2S2. The summed E-state index contributed by atoms with van der Waals surface area (Å²) in [7, 11) is 0. The molecule has 0 fully saturated rings. The Morgan fingerprint density at radius 3 is 3.09 bits per heavy atom. The van der Waals surface area contributed by atoms with Gasteiger partial charge in [0.15, 0.2) is 4.34 Å². The second-order valence-electron chi connectivity index (χ2n) is 1.85. The molecule has 0 aliphatic rings. The van der Waals surface area contributed by atoms with Crippen molar-refractivity contribution in [3.05, 3.63) is 6.33 Å². The smallest absolute Gasteiger partial charge is 0.169 e. The van der Waals surface area contributed by atoms with Gasteiger partial charge >= 0.3 is 0 Å². The number of aliphatic hydroxyl groups excluding tert-OH is 2. The quantitative estimate of drug-likeness (QED) is 0.656. The Morgan fingerprint density at radius 1 is 1.73 bits per heavy atom. The van der Waals surface area contributed by atoms with Gasteiger partial charge in [0, 0.05) is 5.75 Å². The van der Waals surface area contributed by atoms with Crippen LogP contribution in [0.1, 0.15) is 0 Å². The summed E-state index contributed by atoms with van der Waals surface area (Å²) < 4.78 is 4.61. The minimum Gasteiger partial charge on any atom is -0.394 e. The zero-order chi connectivity index (χ0) is 8.10. The fraction of sp³-hybridized carbons (Fsp3) is 0.600. The van der Waals surface area contributed by atoms with Crippen molar-refractivity contribution < 1.29 is 10.2 Å². The molecule has 6 heteroatoms. The molecule has 0 saturated heterocycles. The van der Waals surface area contributed by atoms with Gasteiger partial charge in [0.25, 0.3) is 0 Å². The lowest BCUT2D eigenvalue weighted by Gasteiger charge is -2.02. The highest BCUT2D eigenvalue weighted by Crippen LogP contribution is 2.18. The van der Waals surface area contributed by atoms with Crippen LogP contribution < -0.4 is 0 Å². The molecule has 0 spiro atoms. The first-order valence-corrected chi connectivity index (χ1v) is 4.77. The van der Waals surface area contributed by atoms with E-state index in [1.165, 1.54) is 29.6 Å². The van der Waals surface area contributed by atoms with Crippen LogP contribution in [0.2, 0.25) is 0 Å². The van der Waals surface area contributed by atoms with Crippen LogP contribution in [0.15, 0.2) is 10.7 Å². The summed E-state index contributed by atoms with van der Waals surface area (Å²) in [6.45, 7) is -0.203. The highest BCUT2D eigenvalue weighted by Gasteiger charge is 2.04. The van der Waals surface area contributed by atoms with E-state index in [9.17, 15) is 0 Å². The average molecular weight is 192 g/mol. The summed E-state index contributed by atoms with van der Waals surface area (Å²) in [6.07, 6.45) is 0.808. The Labute approximate surface area is 72.5 Å². The summed E-state index contributed by atoms with van der Waals surface area (Å²) in [4.78, 5) is 3.90. The van der Waals surface area contributed by atoms with E-state index in [2.05, 4.69) is 9.36 Å². The molecule has 1 heterocycles. The minimum absolute atomic E-state index is 0.203. The lowest BCUT2D eigenvalue weighted by Crippen LogP contribution is -2.14. The molecule has 0 radical (unpaired) electrons. The molecule has 1 aromatic rings. The van der Waals surface area contributed by atoms with Crippen LogP contribution in [0.5, 0.6) is 0 Å². The van der Waals surface area contributed by atoms with Crippen molar-refractivity contribution in [1.82, 2.24) is 9.36 Å². The number of aromatic nitrogens is 2. The maximum absolute atomic E-state index is 8.94. The van der Waals surface area contributed by atoms with Crippen molar-refractivity contribution in [2.45, 2.75) is 10.4 Å². The number of hydrogen-bond donors (Lipinski definition) is 2. The third kappa shape index (κ3) is 3.15. The predicted molar refractivity (Wildman–Crippen MR) is 43.7 cm³/mol. The minimum atomic E-state index is -0.663. The standard InChI is InChI=1S/C5H8N2O2S2/c8-1-4(9)2-10-5-6-3-7-11-5/h3-4,8-9H,1-2H2. The normalized spacial score (nSPS) is 13.3. The first-order chi connectivity index (χ1) is 5.33. The molecule has 0 bridgehead atoms. The van der Waals surface area contributed by atoms with Crippen molar-refractivity contribution in [1.29, 1.82) is 0 Å². The Kier molecular flexibility index (Phi) is 3.78. The molecule has 0 amide bonds. The van der Waals surface area contributed by atoms with Crippen molar-refractivity contribution in [2.24, 2.45) is 0 Å². The number of hydrogen-bond acceptors (Lipinski definition) is 6. The molecule has 4 nitrogen and oxygen atoms in total. The van der Waals surface area contributed by atoms with Gasteiger partial charge in [-0.05, 0) is 11.5 Å². The van der Waals surface area contributed by atoms with Crippen LogP contribution in [0, 0.1) is 0 Å². The fourth-order valence-electron chi connectivity index (χ4n) is 0.447. The maximum atomic E-state index is 8.94. The van der Waals surface area contributed by atoms with E-state index in [0.29, 0.717) is 5.75 Å². The SMILES string of the molecule is OCC(O)CSc1ncns1. The van der Waals surface area contributed by atoms with Crippen LogP contribution in [-0.4, -0.2) is 38.0 Å². The largest absolute Gasteiger partial charge is 0.394 e. The van der Waals surface area contributed by atoms with Crippen LogP contribution >= 0.6 is 23.3 Å². The molecule has 1 aromatic heterocycles. The van der Waals surface area contributed by atoms with E-state index in [4.69, 9.17) is 10.2 Å². The van der Waals surface area contributed by atoms with Crippen molar-refractivity contribution in [3.8, 4) is 0 Å². The molecule has 0 saturated carbocycles. The van der Waals surface area contributed by atoms with Gasteiger partial charge in [-0.25, -0.2) is 4.98 Å². The second kappa shape index (κ2) is 4.66. The Hall–Kier alpha value is -0.170. The van der Waals surface area contributed by atoms with Gasteiger partial charge < -0.3 is 10.2 Å². The lowest BCUT2D eigenvalue weighted by molar-refractivity contribution is 0.113. The highest BCUT2D eigenvalue weighted by molar-refractivity contribution is 8.00. The van der Waals surface area contributed by atoms with Gasteiger partial charge in [-0.1, -0.05) is 11.8 Å². The van der Waals surface area contributed by atoms with Gasteiger partial charge in [-0.3, -0.25) is 0 Å². The van der Waals surface area contributed by atoms with Gasteiger partial charge in [0.05, 0.1) is 12.7 Å². The number of rotatable bonds is 4. The summed E-state index contributed by atoms with van der Waals surface area (Å²) in [5.74, 6) is 0.464. The van der Waals surface area contributed by atoms with Gasteiger partial charge in [0.2, 0.25) is 0 Å². The first-order valence-electron chi connectivity index (χ1n) is 3.01. The van der Waals surface area contributed by atoms with Crippen LogP contribution in [-0.2, 0) is 0 Å². The van der Waals surface area contributed by atoms with Crippen LogP contribution in [0.3, 0.4) is 0 Å². The van der Waals surface area contributed by atoms with Gasteiger partial charge in [-0.15, -0.1) is 0 Å². The molecule has 1 atom stereocenters. The summed E-state index contributed by atoms with van der Waals surface area (Å²) in [5.41, 5.74) is 0. The molecule has 0 aromatic carbocycles. The van der Waals surface area contributed by atoms with Crippen molar-refractivity contribution in [2.75, 3.05) is 12.4 Å². The topological polar surface area (TPSA) is 66.2 Å². The van der Waals surface area contributed by atoms with E-state index in [0.717, 1.165) is 4.34 Å². The van der Waals surface area contributed by atoms with Gasteiger partial charge in [-0.2, -0.15) is 4.37 Å². The maximum Gasteiger partial charge on any atom is 0.169 e. The van der Waals surface area contributed by atoms with E-state index in [1.54, 1.807) is 0 Å². The van der Waals surface area contributed by atoms with Gasteiger partial charge in [0.1, 0.15) is 6.33 Å². The molecule has 62 valence electrons. The Bertz CT molecular complexity index is 192. The molecule has 1 rings (SSSR count). The number of aliphatic hydroxyl groups is 2. The van der Waals surface area contributed by atoms with Crippen molar-refractivity contribution in [3.63, 3.8) is 0 Å². The number of nitrogens with zero attached hydrogens (tertiary/aromatic N) is 2. The van der Waals surface area contributed by atoms with Crippen LogP contribution in [0.25, 0.3) is 0 Å². The van der Waals surface area contributed by atoms with E-state index in [1.807, 2.05) is 0 Å². The van der Waals surface area contributed by atoms with E-state index >= 15 is 0 Å². The average Bonchev–Trinajstić information content (AvgIpc) is 2.52. The monoisotopic (exact) mass is 192 g/mol. The summed E-state index contributed by atoms with van der Waals surface area (Å²) in [6, 6.07) is 0. The summed E-state index contributed by atoms with van der Waals surface area (Å²) >= 11 is 2.68. The van der Waals surface area contributed by atoms with E-state index < -0.39 is 6.10 Å². The second-order valence-corrected chi connectivity index (χ2v) is 3.90. The third-order valence-corrected chi connectivity index (χ3v) is 2.89. The zero-order valence-corrected chi connectivity index (χ0v) is 7.31. The molecule has 1 unspecified atom stereocenters. The predicted octanol–water partition coefficient (Wildman–Crippen LogP) is -0.0166. The zero-order valence-electron chi connectivity index (χ0n) is 5.67. The molecule has 0 aliphatic heterocycles. The summed E-state index contributed by atoms with van der Waals surface area (Å²) in [5, 5.41) is 17.4. The number of thioether (sulfide) groups is 1. The Balaban J connectivity index is 2.23. The Morgan fingerprint density at radius 2 is 2.55 bits per heavy atom. The molecule has 2 N–H and O–H groups in total. The van der Waals surface area contributed by atoms with Crippen molar-refractivity contribution >= 4 is 23.3 Å². The lowest BCUT2D eigenvalue weighted by atomic mass is 10.4. The molecule has 11 heavy (non-hydrogen) atoms. The molecular weight excluding hydrogens is 184 g/mol. The third-order valence-electron chi connectivity index (χ3n) is 0.951. The highest BCUT2D eigenvalue weighted by atomic mass is 32.2. The first kappa shape index (κ1) is 8.92. The van der Waals surface area contributed by atoms with Crippen LogP contribution in [0.4, 0.5) is 0 Å². The van der Waals surface area contributed by atoms with E-state index in [-0.39, 0.29) is 6.61 Å². The molecule has 0 aliphatic carbocycles. The fourth-order valence-corrected chi connectivity index (χ4v) is 1.83.